The smallest absolute Gasteiger partial charge is 0.119 e. The molecule has 1 aromatic rings. The van der Waals surface area contributed by atoms with E-state index in [-0.39, 0.29) is 0 Å². The third-order valence-corrected chi connectivity index (χ3v) is 3.87. The van der Waals surface area contributed by atoms with E-state index < -0.39 is 0 Å². The Kier molecular flexibility index (Phi) is 7.00. The number of ether oxygens (including phenoxy) is 2. The van der Waals surface area contributed by atoms with Gasteiger partial charge in [-0.2, -0.15) is 0 Å². The first-order valence-corrected chi connectivity index (χ1v) is 7.90. The normalized spacial score (nSPS) is 18.9. The van der Waals surface area contributed by atoms with Crippen molar-refractivity contribution in [2.24, 2.45) is 5.92 Å². The van der Waals surface area contributed by atoms with Gasteiger partial charge >= 0.3 is 0 Å². The fraction of sp³-hybridized carbons (Fsp3) is 0.647. The maximum absolute atomic E-state index is 5.81. The highest BCUT2D eigenvalue weighted by molar-refractivity contribution is 5.27. The quantitative estimate of drug-likeness (QED) is 0.796. The van der Waals surface area contributed by atoms with E-state index in [9.17, 15) is 0 Å². The van der Waals surface area contributed by atoms with Gasteiger partial charge in [-0.25, -0.2) is 0 Å². The highest BCUT2D eigenvalue weighted by atomic mass is 16.5. The molecule has 1 atom stereocenters. The highest BCUT2D eigenvalue weighted by Gasteiger charge is 2.15. The molecule has 0 bridgehead atoms. The van der Waals surface area contributed by atoms with Gasteiger partial charge in [-0.05, 0) is 50.6 Å². The van der Waals surface area contributed by atoms with Crippen molar-refractivity contribution in [3.05, 3.63) is 29.8 Å². The lowest BCUT2D eigenvalue weighted by atomic mass is 10.0. The van der Waals surface area contributed by atoms with E-state index in [4.69, 9.17) is 9.47 Å². The molecule has 4 heteroatoms. The van der Waals surface area contributed by atoms with Gasteiger partial charge in [0.05, 0.1) is 6.61 Å². The van der Waals surface area contributed by atoms with E-state index in [0.717, 1.165) is 45.2 Å². The van der Waals surface area contributed by atoms with Crippen molar-refractivity contribution in [2.45, 2.75) is 19.4 Å². The molecule has 21 heavy (non-hydrogen) atoms. The van der Waals surface area contributed by atoms with Crippen LogP contribution in [0.1, 0.15) is 18.4 Å². The fourth-order valence-corrected chi connectivity index (χ4v) is 2.71. The van der Waals surface area contributed by atoms with Crippen LogP contribution in [0.3, 0.4) is 0 Å². The van der Waals surface area contributed by atoms with E-state index >= 15 is 0 Å². The lowest BCUT2D eigenvalue weighted by Crippen LogP contribution is -2.33. The summed E-state index contributed by atoms with van der Waals surface area (Å²) in [5, 5.41) is 3.14. The van der Waals surface area contributed by atoms with Gasteiger partial charge < -0.3 is 19.7 Å². The standard InChI is InChI=1S/C17H28N2O2/c1-18-12-15-5-7-17(8-6-15)21-11-9-19(2)13-16-4-3-10-20-14-16/h5-8,16,18H,3-4,9-14H2,1-2H3. The largest absolute Gasteiger partial charge is 0.492 e. The minimum Gasteiger partial charge on any atom is -0.492 e. The van der Waals surface area contributed by atoms with Crippen LogP contribution in [0.4, 0.5) is 0 Å². The molecule has 1 saturated heterocycles. The van der Waals surface area contributed by atoms with E-state index in [2.05, 4.69) is 29.4 Å². The number of hydrogen-bond donors (Lipinski definition) is 1. The van der Waals surface area contributed by atoms with E-state index in [0.29, 0.717) is 5.92 Å². The van der Waals surface area contributed by atoms with Crippen molar-refractivity contribution < 1.29 is 9.47 Å². The van der Waals surface area contributed by atoms with Gasteiger partial charge in [0.25, 0.3) is 0 Å². The fourth-order valence-electron chi connectivity index (χ4n) is 2.71. The first-order valence-electron chi connectivity index (χ1n) is 7.90. The molecule has 0 spiro atoms. The summed E-state index contributed by atoms with van der Waals surface area (Å²) in [7, 11) is 4.12. The molecule has 1 N–H and O–H groups in total. The van der Waals surface area contributed by atoms with Crippen LogP contribution in [0.2, 0.25) is 0 Å². The molecule has 1 fully saturated rings. The maximum Gasteiger partial charge on any atom is 0.119 e. The van der Waals surface area contributed by atoms with Gasteiger partial charge in [-0.1, -0.05) is 12.1 Å². The van der Waals surface area contributed by atoms with Crippen LogP contribution in [-0.2, 0) is 11.3 Å². The van der Waals surface area contributed by atoms with Crippen LogP contribution in [-0.4, -0.2) is 51.9 Å². The van der Waals surface area contributed by atoms with Crippen molar-refractivity contribution in [1.29, 1.82) is 0 Å². The van der Waals surface area contributed by atoms with E-state index in [1.54, 1.807) is 0 Å². The zero-order valence-corrected chi connectivity index (χ0v) is 13.3. The number of nitrogens with one attached hydrogen (secondary N) is 1. The Labute approximate surface area is 128 Å². The Hall–Kier alpha value is -1.10. The lowest BCUT2D eigenvalue weighted by Gasteiger charge is -2.27. The topological polar surface area (TPSA) is 33.7 Å². The summed E-state index contributed by atoms with van der Waals surface area (Å²) in [4.78, 5) is 2.34. The third-order valence-electron chi connectivity index (χ3n) is 3.87. The molecule has 0 aliphatic carbocycles. The predicted molar refractivity (Wildman–Crippen MR) is 85.7 cm³/mol. The monoisotopic (exact) mass is 292 g/mol. The van der Waals surface area contributed by atoms with Crippen molar-refractivity contribution in [3.8, 4) is 5.75 Å². The predicted octanol–water partition coefficient (Wildman–Crippen LogP) is 2.14. The molecule has 4 nitrogen and oxygen atoms in total. The second-order valence-electron chi connectivity index (χ2n) is 5.87. The molecule has 0 saturated carbocycles. The minimum atomic E-state index is 0.685. The van der Waals surface area contributed by atoms with Crippen LogP contribution in [0, 0.1) is 5.92 Å². The average molecular weight is 292 g/mol. The minimum absolute atomic E-state index is 0.685. The Morgan fingerprint density at radius 2 is 2.14 bits per heavy atom. The van der Waals surface area contributed by atoms with Crippen LogP contribution >= 0.6 is 0 Å². The maximum atomic E-state index is 5.81. The average Bonchev–Trinajstić information content (AvgIpc) is 2.50. The molecule has 0 amide bonds. The van der Waals surface area contributed by atoms with Gasteiger partial charge in [-0.15, -0.1) is 0 Å². The van der Waals surface area contributed by atoms with Crippen LogP contribution < -0.4 is 10.1 Å². The SMILES string of the molecule is CNCc1ccc(OCCN(C)CC2CCCOC2)cc1. The van der Waals surface area contributed by atoms with Gasteiger partial charge in [0.15, 0.2) is 0 Å². The summed E-state index contributed by atoms with van der Waals surface area (Å²) in [5.74, 6) is 1.63. The first-order chi connectivity index (χ1) is 10.3. The van der Waals surface area contributed by atoms with Crippen LogP contribution in [0.5, 0.6) is 5.75 Å². The number of hydrogen-bond acceptors (Lipinski definition) is 4. The second kappa shape index (κ2) is 9.03. The van der Waals surface area contributed by atoms with E-state index in [1.165, 1.54) is 18.4 Å². The number of rotatable bonds is 8. The Morgan fingerprint density at radius 3 is 2.81 bits per heavy atom. The molecule has 1 aromatic carbocycles. The van der Waals surface area contributed by atoms with Gasteiger partial charge in [0.2, 0.25) is 0 Å². The first kappa shape index (κ1) is 16.3. The van der Waals surface area contributed by atoms with Gasteiger partial charge in [0, 0.05) is 26.2 Å². The Bertz CT molecular complexity index is 388. The zero-order chi connectivity index (χ0) is 14.9. The summed E-state index contributed by atoms with van der Waals surface area (Å²) in [6, 6.07) is 8.30. The van der Waals surface area contributed by atoms with Gasteiger partial charge in [-0.3, -0.25) is 0 Å². The van der Waals surface area contributed by atoms with Gasteiger partial charge in [0.1, 0.15) is 12.4 Å². The van der Waals surface area contributed by atoms with Crippen molar-refractivity contribution >= 4 is 0 Å². The molecule has 118 valence electrons. The molecule has 1 aliphatic heterocycles. The molecule has 1 aliphatic rings. The lowest BCUT2D eigenvalue weighted by molar-refractivity contribution is 0.0405. The highest BCUT2D eigenvalue weighted by Crippen LogP contribution is 2.15. The van der Waals surface area contributed by atoms with E-state index in [1.807, 2.05) is 19.2 Å². The van der Waals surface area contributed by atoms with Crippen molar-refractivity contribution in [3.63, 3.8) is 0 Å². The molecular weight excluding hydrogens is 264 g/mol. The molecule has 0 aromatic heterocycles. The van der Waals surface area contributed by atoms with Crippen molar-refractivity contribution in [2.75, 3.05) is 47.0 Å². The number of nitrogens with zero attached hydrogens (tertiary/aromatic N) is 1. The third kappa shape index (κ3) is 6.04. The number of benzene rings is 1. The zero-order valence-electron chi connectivity index (χ0n) is 13.3. The summed E-state index contributed by atoms with van der Waals surface area (Å²) in [6.45, 7) is 5.53. The molecule has 1 heterocycles. The molecular formula is C17H28N2O2. The molecule has 1 unspecified atom stereocenters. The number of likely N-dealkylation sites (N-methyl/N-ethyl adjacent to an activating group) is 1. The van der Waals surface area contributed by atoms with Crippen molar-refractivity contribution in [1.82, 2.24) is 10.2 Å². The molecule has 0 radical (unpaired) electrons. The second-order valence-corrected chi connectivity index (χ2v) is 5.87. The summed E-state index contributed by atoms with van der Waals surface area (Å²) < 4.78 is 11.3. The van der Waals surface area contributed by atoms with Crippen LogP contribution in [0.25, 0.3) is 0 Å². The summed E-state index contributed by atoms with van der Waals surface area (Å²) in [6.07, 6.45) is 2.49. The summed E-state index contributed by atoms with van der Waals surface area (Å²) in [5.41, 5.74) is 1.28. The summed E-state index contributed by atoms with van der Waals surface area (Å²) >= 11 is 0. The molecule has 2 rings (SSSR count). The Balaban J connectivity index is 1.63. The Morgan fingerprint density at radius 1 is 1.33 bits per heavy atom. The van der Waals surface area contributed by atoms with Crippen LogP contribution in [0.15, 0.2) is 24.3 Å².